The van der Waals surface area contributed by atoms with E-state index in [9.17, 15) is 26.7 Å². The normalized spacial score (nSPS) is 11.1. The van der Waals surface area contributed by atoms with Crippen molar-refractivity contribution < 1.29 is 26.7 Å². The van der Waals surface area contributed by atoms with Crippen LogP contribution in [0.15, 0.2) is 24.3 Å². The summed E-state index contributed by atoms with van der Waals surface area (Å²) in [5, 5.41) is 6.95. The number of hydrogen-bond acceptors (Lipinski definition) is 3. The van der Waals surface area contributed by atoms with Crippen LogP contribution in [-0.4, -0.2) is 20.9 Å². The molecule has 0 bridgehead atoms. The second-order valence-corrected chi connectivity index (χ2v) is 4.24. The highest BCUT2D eigenvalue weighted by atomic mass is 19.2. The lowest BCUT2D eigenvalue weighted by molar-refractivity contribution is 0.0936. The maximum Gasteiger partial charge on any atom is 0.286 e. The van der Waals surface area contributed by atoms with Crippen molar-refractivity contribution in [1.82, 2.24) is 15.0 Å². The van der Waals surface area contributed by atoms with E-state index < -0.39 is 40.6 Å². The number of carbonyl (C=O) groups excluding carboxylic acids is 1. The summed E-state index contributed by atoms with van der Waals surface area (Å²) in [5.41, 5.74) is -1.30. The van der Waals surface area contributed by atoms with Crippen LogP contribution in [0, 0.1) is 29.1 Å². The summed E-state index contributed by atoms with van der Waals surface area (Å²) in [6.45, 7) is 0. The molecule has 0 fully saturated rings. The lowest BCUT2D eigenvalue weighted by Crippen LogP contribution is -2.20. The zero-order chi connectivity index (χ0) is 16.0. The molecule has 22 heavy (non-hydrogen) atoms. The van der Waals surface area contributed by atoms with Gasteiger partial charge in [-0.1, -0.05) is 17.3 Å². The second kappa shape index (κ2) is 4.86. The first-order valence-corrected chi connectivity index (χ1v) is 5.80. The lowest BCUT2D eigenvalue weighted by atomic mass is 10.1. The molecule has 9 heteroatoms. The largest absolute Gasteiger partial charge is 0.286 e. The predicted octanol–water partition coefficient (Wildman–Crippen LogP) is 2.82. The van der Waals surface area contributed by atoms with Crippen molar-refractivity contribution in [3.63, 3.8) is 0 Å². The number of carbonyl (C=O) groups is 1. The highest BCUT2D eigenvalue weighted by Gasteiger charge is 2.31. The highest BCUT2D eigenvalue weighted by Crippen LogP contribution is 2.24. The Morgan fingerprint density at radius 2 is 1.41 bits per heavy atom. The SMILES string of the molecule is O=C(c1c(F)c(F)c(F)c(F)c1F)n1nnc2ccccc21. The van der Waals surface area contributed by atoms with Gasteiger partial charge in [-0.2, -0.15) is 4.68 Å². The summed E-state index contributed by atoms with van der Waals surface area (Å²) in [4.78, 5) is 12.1. The summed E-state index contributed by atoms with van der Waals surface area (Å²) in [6, 6.07) is 5.89. The maximum atomic E-state index is 13.6. The molecule has 0 saturated heterocycles. The summed E-state index contributed by atoms with van der Waals surface area (Å²) >= 11 is 0. The van der Waals surface area contributed by atoms with Gasteiger partial charge in [0, 0.05) is 0 Å². The fourth-order valence-corrected chi connectivity index (χ4v) is 1.92. The van der Waals surface area contributed by atoms with Crippen LogP contribution >= 0.6 is 0 Å². The topological polar surface area (TPSA) is 47.8 Å². The molecule has 1 heterocycles. The van der Waals surface area contributed by atoms with Crippen molar-refractivity contribution >= 4 is 16.9 Å². The van der Waals surface area contributed by atoms with Crippen molar-refractivity contribution in [2.75, 3.05) is 0 Å². The van der Waals surface area contributed by atoms with Crippen LogP contribution in [0.5, 0.6) is 0 Å². The quantitative estimate of drug-likeness (QED) is 0.394. The molecule has 0 N–H and O–H groups in total. The molecule has 2 aromatic carbocycles. The fraction of sp³-hybridized carbons (Fsp3) is 0. The number of fused-ring (bicyclic) bond motifs is 1. The highest BCUT2D eigenvalue weighted by molar-refractivity contribution is 6.00. The number of nitrogens with zero attached hydrogens (tertiary/aromatic N) is 3. The van der Waals surface area contributed by atoms with Crippen LogP contribution in [0.25, 0.3) is 11.0 Å². The molecular formula is C13H4F5N3O. The monoisotopic (exact) mass is 313 g/mol. The van der Waals surface area contributed by atoms with Crippen molar-refractivity contribution in [3.8, 4) is 0 Å². The molecule has 0 saturated carbocycles. The van der Waals surface area contributed by atoms with E-state index in [4.69, 9.17) is 0 Å². The van der Waals surface area contributed by atoms with Crippen LogP contribution in [0.3, 0.4) is 0 Å². The van der Waals surface area contributed by atoms with E-state index in [1.807, 2.05) is 0 Å². The fourth-order valence-electron chi connectivity index (χ4n) is 1.92. The molecule has 3 rings (SSSR count). The minimum Gasteiger partial charge on any atom is -0.266 e. The molecule has 0 aliphatic carbocycles. The summed E-state index contributed by atoms with van der Waals surface area (Å²) in [5.74, 6) is -12.7. The molecule has 0 unspecified atom stereocenters. The minimum atomic E-state index is -2.34. The molecule has 0 aliphatic rings. The van der Waals surface area contributed by atoms with Gasteiger partial charge in [0.15, 0.2) is 23.3 Å². The van der Waals surface area contributed by atoms with Crippen molar-refractivity contribution in [3.05, 3.63) is 58.9 Å². The van der Waals surface area contributed by atoms with Gasteiger partial charge in [-0.25, -0.2) is 22.0 Å². The molecule has 3 aromatic rings. The first kappa shape index (κ1) is 14.1. The number of rotatable bonds is 1. The van der Waals surface area contributed by atoms with E-state index in [0.717, 1.165) is 0 Å². The van der Waals surface area contributed by atoms with Gasteiger partial charge in [0.05, 0.1) is 5.52 Å². The second-order valence-electron chi connectivity index (χ2n) is 4.24. The van der Waals surface area contributed by atoms with E-state index in [-0.39, 0.29) is 11.0 Å². The Balaban J connectivity index is 2.26. The van der Waals surface area contributed by atoms with Gasteiger partial charge in [0.25, 0.3) is 5.91 Å². The van der Waals surface area contributed by atoms with Crippen LogP contribution in [0.2, 0.25) is 0 Å². The Labute approximate surface area is 118 Å². The molecular weight excluding hydrogens is 309 g/mol. The van der Waals surface area contributed by atoms with Crippen LogP contribution < -0.4 is 0 Å². The maximum absolute atomic E-state index is 13.6. The van der Waals surface area contributed by atoms with Gasteiger partial charge < -0.3 is 0 Å². The number of aromatic nitrogens is 3. The molecule has 0 atom stereocenters. The Kier molecular flexibility index (Phi) is 3.12. The van der Waals surface area contributed by atoms with Crippen LogP contribution in [-0.2, 0) is 0 Å². The van der Waals surface area contributed by atoms with Crippen molar-refractivity contribution in [1.29, 1.82) is 0 Å². The van der Waals surface area contributed by atoms with Crippen LogP contribution in [0.4, 0.5) is 22.0 Å². The number of hydrogen-bond donors (Lipinski definition) is 0. The van der Waals surface area contributed by atoms with Gasteiger partial charge in [0.2, 0.25) is 5.82 Å². The third-order valence-electron chi connectivity index (χ3n) is 2.97. The smallest absolute Gasteiger partial charge is 0.266 e. The number of benzene rings is 2. The predicted molar refractivity (Wildman–Crippen MR) is 63.5 cm³/mol. The first-order chi connectivity index (χ1) is 10.4. The van der Waals surface area contributed by atoms with Gasteiger partial charge in [0.1, 0.15) is 11.1 Å². The molecule has 0 spiro atoms. The Bertz CT molecular complexity index is 892. The summed E-state index contributed by atoms with van der Waals surface area (Å²) in [6.07, 6.45) is 0. The average molecular weight is 313 g/mol. The Hall–Kier alpha value is -2.84. The molecule has 1 aromatic heterocycles. The molecule has 4 nitrogen and oxygen atoms in total. The zero-order valence-corrected chi connectivity index (χ0v) is 10.4. The lowest BCUT2D eigenvalue weighted by Gasteiger charge is -2.07. The number of halogens is 5. The third-order valence-corrected chi connectivity index (χ3v) is 2.97. The molecule has 0 radical (unpaired) electrons. The minimum absolute atomic E-state index is 0.0661. The molecule has 0 aliphatic heterocycles. The Morgan fingerprint density at radius 3 is 2.05 bits per heavy atom. The van der Waals surface area contributed by atoms with Gasteiger partial charge in [-0.15, -0.1) is 5.10 Å². The Morgan fingerprint density at radius 1 is 0.864 bits per heavy atom. The third kappa shape index (κ3) is 1.85. The van der Waals surface area contributed by atoms with Crippen molar-refractivity contribution in [2.24, 2.45) is 0 Å². The standard InChI is InChI=1S/C13H4F5N3O/c14-8-7(9(15)11(17)12(18)10(8)16)13(22)21-6-4-2-1-3-5(6)19-20-21/h1-4H. The molecule has 0 amide bonds. The first-order valence-electron chi connectivity index (χ1n) is 5.80. The zero-order valence-electron chi connectivity index (χ0n) is 10.4. The average Bonchev–Trinajstić information content (AvgIpc) is 2.95. The van der Waals surface area contributed by atoms with Gasteiger partial charge in [-0.05, 0) is 12.1 Å². The van der Waals surface area contributed by atoms with Gasteiger partial charge >= 0.3 is 0 Å². The van der Waals surface area contributed by atoms with Crippen molar-refractivity contribution in [2.45, 2.75) is 0 Å². The van der Waals surface area contributed by atoms with E-state index in [0.29, 0.717) is 4.68 Å². The number of para-hydroxylation sites is 1. The van der Waals surface area contributed by atoms with Gasteiger partial charge in [-0.3, -0.25) is 4.79 Å². The summed E-state index contributed by atoms with van der Waals surface area (Å²) < 4.78 is 67.1. The van der Waals surface area contributed by atoms with E-state index in [1.54, 1.807) is 6.07 Å². The molecule has 112 valence electrons. The van der Waals surface area contributed by atoms with E-state index in [2.05, 4.69) is 10.3 Å². The summed E-state index contributed by atoms with van der Waals surface area (Å²) in [7, 11) is 0. The van der Waals surface area contributed by atoms with Crippen LogP contribution in [0.1, 0.15) is 10.4 Å². The van der Waals surface area contributed by atoms with E-state index >= 15 is 0 Å². The van der Waals surface area contributed by atoms with E-state index in [1.165, 1.54) is 18.2 Å².